The van der Waals surface area contributed by atoms with Crippen molar-refractivity contribution in [1.29, 1.82) is 0 Å². The molecule has 102 valence electrons. The van der Waals surface area contributed by atoms with Gasteiger partial charge in [-0.2, -0.15) is 4.98 Å². The molecule has 2 heterocycles. The van der Waals surface area contributed by atoms with E-state index in [0.717, 1.165) is 5.56 Å². The van der Waals surface area contributed by atoms with E-state index < -0.39 is 0 Å². The van der Waals surface area contributed by atoms with Gasteiger partial charge in [-0.1, -0.05) is 5.16 Å². The van der Waals surface area contributed by atoms with E-state index in [-0.39, 0.29) is 5.56 Å². The van der Waals surface area contributed by atoms with E-state index in [9.17, 15) is 4.79 Å². The Morgan fingerprint density at radius 3 is 2.79 bits per heavy atom. The molecule has 0 saturated heterocycles. The minimum Gasteiger partial charge on any atom is -0.338 e. The molecule has 19 heavy (non-hydrogen) atoms. The first-order valence-electron chi connectivity index (χ1n) is 6.17. The molecule has 0 saturated carbocycles. The summed E-state index contributed by atoms with van der Waals surface area (Å²) in [5.41, 5.74) is 0.705. The molecule has 6 heteroatoms. The fourth-order valence-electron chi connectivity index (χ4n) is 1.56. The molecule has 0 radical (unpaired) electrons. The summed E-state index contributed by atoms with van der Waals surface area (Å²) in [6.07, 6.45) is 1.70. The third-order valence-electron chi connectivity index (χ3n) is 3.08. The van der Waals surface area contributed by atoms with Crippen molar-refractivity contribution in [3.8, 4) is 11.4 Å². The highest BCUT2D eigenvalue weighted by atomic mass is 16.5. The van der Waals surface area contributed by atoms with E-state index in [4.69, 9.17) is 4.52 Å². The van der Waals surface area contributed by atoms with E-state index in [1.165, 1.54) is 10.6 Å². The first-order chi connectivity index (χ1) is 8.97. The van der Waals surface area contributed by atoms with Gasteiger partial charge in [0, 0.05) is 30.9 Å². The van der Waals surface area contributed by atoms with E-state index in [0.29, 0.717) is 24.3 Å². The third kappa shape index (κ3) is 3.08. The maximum Gasteiger partial charge on any atom is 0.250 e. The van der Waals surface area contributed by atoms with Crippen LogP contribution in [0.25, 0.3) is 11.4 Å². The van der Waals surface area contributed by atoms with Crippen LogP contribution in [-0.2, 0) is 13.6 Å². The monoisotopic (exact) mass is 262 g/mol. The van der Waals surface area contributed by atoms with Gasteiger partial charge in [0.05, 0.1) is 6.54 Å². The number of hydrogen-bond donors (Lipinski definition) is 0. The van der Waals surface area contributed by atoms with Crippen LogP contribution >= 0.6 is 0 Å². The smallest absolute Gasteiger partial charge is 0.250 e. The Labute approximate surface area is 111 Å². The van der Waals surface area contributed by atoms with Crippen molar-refractivity contribution in [2.24, 2.45) is 7.05 Å². The third-order valence-corrected chi connectivity index (χ3v) is 3.08. The molecule has 6 nitrogen and oxygen atoms in total. The minimum atomic E-state index is -0.0630. The maximum absolute atomic E-state index is 11.3. The van der Waals surface area contributed by atoms with Gasteiger partial charge in [-0.05, 0) is 27.0 Å². The van der Waals surface area contributed by atoms with Gasteiger partial charge in [-0.15, -0.1) is 0 Å². The number of aromatic nitrogens is 3. The van der Waals surface area contributed by atoms with Crippen molar-refractivity contribution in [2.45, 2.75) is 26.4 Å². The lowest BCUT2D eigenvalue weighted by atomic mass is 10.3. The van der Waals surface area contributed by atoms with Crippen molar-refractivity contribution in [2.75, 3.05) is 7.05 Å². The van der Waals surface area contributed by atoms with Gasteiger partial charge in [0.15, 0.2) is 0 Å². The largest absolute Gasteiger partial charge is 0.338 e. The first-order valence-corrected chi connectivity index (χ1v) is 6.17. The molecule has 0 aliphatic rings. The van der Waals surface area contributed by atoms with Crippen LogP contribution in [0.4, 0.5) is 0 Å². The van der Waals surface area contributed by atoms with Crippen molar-refractivity contribution < 1.29 is 4.52 Å². The number of hydrogen-bond acceptors (Lipinski definition) is 5. The zero-order valence-electron chi connectivity index (χ0n) is 11.6. The van der Waals surface area contributed by atoms with Crippen molar-refractivity contribution in [1.82, 2.24) is 19.6 Å². The zero-order chi connectivity index (χ0) is 14.0. The molecule has 0 spiro atoms. The summed E-state index contributed by atoms with van der Waals surface area (Å²) in [5, 5.41) is 3.94. The van der Waals surface area contributed by atoms with E-state index in [2.05, 4.69) is 28.9 Å². The highest BCUT2D eigenvalue weighted by molar-refractivity contribution is 5.52. The minimum absolute atomic E-state index is 0.0630. The zero-order valence-corrected chi connectivity index (χ0v) is 11.6. The maximum atomic E-state index is 11.3. The Hall–Kier alpha value is -1.95. The molecular formula is C13H18N4O2. The molecule has 0 bridgehead atoms. The van der Waals surface area contributed by atoms with Gasteiger partial charge in [-0.25, -0.2) is 0 Å². The van der Waals surface area contributed by atoms with Crippen LogP contribution in [0.15, 0.2) is 27.6 Å². The highest BCUT2D eigenvalue weighted by Crippen LogP contribution is 2.14. The second-order valence-electron chi connectivity index (χ2n) is 4.89. The van der Waals surface area contributed by atoms with Crippen LogP contribution in [0.3, 0.4) is 0 Å². The number of rotatable bonds is 4. The Morgan fingerprint density at radius 2 is 2.16 bits per heavy atom. The topological polar surface area (TPSA) is 64.2 Å². The summed E-state index contributed by atoms with van der Waals surface area (Å²) in [6, 6.07) is 3.60. The fourth-order valence-corrected chi connectivity index (χ4v) is 1.56. The summed E-state index contributed by atoms with van der Waals surface area (Å²) >= 11 is 0. The van der Waals surface area contributed by atoms with Gasteiger partial charge in [0.25, 0.3) is 0 Å². The van der Waals surface area contributed by atoms with Crippen LogP contribution in [0.2, 0.25) is 0 Å². The molecule has 2 aromatic rings. The van der Waals surface area contributed by atoms with Crippen molar-refractivity contribution in [3.63, 3.8) is 0 Å². The molecule has 0 aliphatic carbocycles. The van der Waals surface area contributed by atoms with Crippen molar-refractivity contribution in [3.05, 3.63) is 34.6 Å². The molecule has 0 fully saturated rings. The number of pyridine rings is 1. The van der Waals surface area contributed by atoms with Gasteiger partial charge in [0.1, 0.15) is 0 Å². The van der Waals surface area contributed by atoms with Gasteiger partial charge >= 0.3 is 0 Å². The SMILES string of the molecule is CC(C)N(C)Cc1nc(-c2ccc(=O)n(C)c2)no1. The molecule has 0 atom stereocenters. The van der Waals surface area contributed by atoms with Crippen molar-refractivity contribution >= 4 is 0 Å². The Kier molecular flexibility index (Phi) is 3.80. The standard InChI is InChI=1S/C13H18N4O2/c1-9(2)16(3)8-11-14-13(15-19-11)10-5-6-12(18)17(4)7-10/h5-7,9H,8H2,1-4H3. The first kappa shape index (κ1) is 13.5. The average molecular weight is 262 g/mol. The summed E-state index contributed by atoms with van der Waals surface area (Å²) < 4.78 is 6.71. The predicted molar refractivity (Wildman–Crippen MR) is 71.6 cm³/mol. The van der Waals surface area contributed by atoms with Crippen LogP contribution in [0.5, 0.6) is 0 Å². The van der Waals surface area contributed by atoms with E-state index >= 15 is 0 Å². The normalized spacial score (nSPS) is 11.5. The average Bonchev–Trinajstić information content (AvgIpc) is 2.81. The summed E-state index contributed by atoms with van der Waals surface area (Å²) in [7, 11) is 3.69. The van der Waals surface area contributed by atoms with Crippen LogP contribution in [0, 0.1) is 0 Å². The molecular weight excluding hydrogens is 244 g/mol. The molecule has 0 aromatic carbocycles. The van der Waals surface area contributed by atoms with Gasteiger partial charge < -0.3 is 9.09 Å². The number of nitrogens with zero attached hydrogens (tertiary/aromatic N) is 4. The predicted octanol–water partition coefficient (Wildman–Crippen LogP) is 1.28. The summed E-state index contributed by atoms with van der Waals surface area (Å²) in [6.45, 7) is 4.81. The van der Waals surface area contributed by atoms with E-state index in [1.54, 1.807) is 19.3 Å². The molecule has 0 aliphatic heterocycles. The van der Waals surface area contributed by atoms with Gasteiger partial charge in [0.2, 0.25) is 17.3 Å². The highest BCUT2D eigenvalue weighted by Gasteiger charge is 2.12. The van der Waals surface area contributed by atoms with Gasteiger partial charge in [-0.3, -0.25) is 9.69 Å². The molecule has 0 N–H and O–H groups in total. The number of aryl methyl sites for hydroxylation is 1. The summed E-state index contributed by atoms with van der Waals surface area (Å²) in [4.78, 5) is 17.8. The lowest BCUT2D eigenvalue weighted by molar-refractivity contribution is 0.226. The van der Waals surface area contributed by atoms with Crippen LogP contribution in [0.1, 0.15) is 19.7 Å². The summed E-state index contributed by atoms with van der Waals surface area (Å²) in [5.74, 6) is 1.07. The Balaban J connectivity index is 2.21. The molecule has 2 rings (SSSR count). The van der Waals surface area contributed by atoms with E-state index in [1.807, 2.05) is 7.05 Å². The van der Waals surface area contributed by atoms with Crippen LogP contribution in [-0.4, -0.2) is 32.7 Å². The molecule has 0 amide bonds. The second kappa shape index (κ2) is 5.36. The quantitative estimate of drug-likeness (QED) is 0.830. The lowest BCUT2D eigenvalue weighted by Crippen LogP contribution is -2.25. The fraction of sp³-hybridized carbons (Fsp3) is 0.462. The molecule has 0 unspecified atom stereocenters. The van der Waals surface area contributed by atoms with Crippen LogP contribution < -0.4 is 5.56 Å². The second-order valence-corrected chi connectivity index (χ2v) is 4.89. The molecule has 2 aromatic heterocycles. The Bertz CT molecular complexity index is 615. The lowest BCUT2D eigenvalue weighted by Gasteiger charge is -2.17. The Morgan fingerprint density at radius 1 is 1.42 bits per heavy atom.